The summed E-state index contributed by atoms with van der Waals surface area (Å²) in [6, 6.07) is 2.89. The number of halogens is 3. The maximum atomic E-state index is 12.8. The molecule has 0 aliphatic carbocycles. The molecule has 0 aliphatic rings. The third kappa shape index (κ3) is 3.63. The lowest BCUT2D eigenvalue weighted by Crippen LogP contribution is -2.29. The van der Waals surface area contributed by atoms with Crippen molar-refractivity contribution in [3.63, 3.8) is 0 Å². The molecule has 0 heterocycles. The number of urea groups is 1. The summed E-state index contributed by atoms with van der Waals surface area (Å²) in [5.74, 6) is 0. The molecular weight excluding hydrogens is 247 g/mol. The van der Waals surface area contributed by atoms with Crippen LogP contribution in [0.5, 0.6) is 0 Å². The van der Waals surface area contributed by atoms with Gasteiger partial charge in [-0.15, -0.1) is 0 Å². The molecule has 0 saturated heterocycles. The SMILES string of the molecule is CCNC(=O)Nc1ccc(CN)cc1C(F)(F)F. The van der Waals surface area contributed by atoms with E-state index in [1.807, 2.05) is 0 Å². The van der Waals surface area contributed by atoms with Crippen LogP contribution in [-0.4, -0.2) is 12.6 Å². The van der Waals surface area contributed by atoms with Crippen molar-refractivity contribution in [1.29, 1.82) is 0 Å². The molecule has 18 heavy (non-hydrogen) atoms. The molecule has 0 aliphatic heterocycles. The van der Waals surface area contributed by atoms with Gasteiger partial charge in [0.2, 0.25) is 0 Å². The number of carbonyl (C=O) groups excluding carboxylic acids is 1. The van der Waals surface area contributed by atoms with Gasteiger partial charge in [-0.1, -0.05) is 6.07 Å². The van der Waals surface area contributed by atoms with Crippen LogP contribution in [0.25, 0.3) is 0 Å². The molecule has 7 heteroatoms. The highest BCUT2D eigenvalue weighted by molar-refractivity contribution is 5.90. The number of anilines is 1. The summed E-state index contributed by atoms with van der Waals surface area (Å²) in [6.45, 7) is 2.00. The van der Waals surface area contributed by atoms with E-state index in [4.69, 9.17) is 5.73 Å². The van der Waals surface area contributed by atoms with Gasteiger partial charge >= 0.3 is 12.2 Å². The van der Waals surface area contributed by atoms with Gasteiger partial charge in [0, 0.05) is 13.1 Å². The second-order valence-corrected chi connectivity index (χ2v) is 3.57. The Balaban J connectivity index is 3.07. The van der Waals surface area contributed by atoms with E-state index in [2.05, 4.69) is 10.6 Å². The van der Waals surface area contributed by atoms with Crippen LogP contribution in [0.4, 0.5) is 23.7 Å². The Morgan fingerprint density at radius 2 is 2.06 bits per heavy atom. The van der Waals surface area contributed by atoms with E-state index in [0.717, 1.165) is 6.07 Å². The molecule has 1 aromatic carbocycles. The van der Waals surface area contributed by atoms with Crippen LogP contribution < -0.4 is 16.4 Å². The van der Waals surface area contributed by atoms with Crippen LogP contribution in [0, 0.1) is 0 Å². The number of benzene rings is 1. The molecule has 0 unspecified atom stereocenters. The normalized spacial score (nSPS) is 11.2. The standard InChI is InChI=1S/C11H14F3N3O/c1-2-16-10(18)17-9-4-3-7(6-15)5-8(9)11(12,13)14/h3-5H,2,6,15H2,1H3,(H2,16,17,18). The van der Waals surface area contributed by atoms with Crippen LogP contribution >= 0.6 is 0 Å². The molecule has 4 nitrogen and oxygen atoms in total. The largest absolute Gasteiger partial charge is 0.418 e. The number of rotatable bonds is 3. The monoisotopic (exact) mass is 261 g/mol. The van der Waals surface area contributed by atoms with Crippen LogP contribution in [0.3, 0.4) is 0 Å². The predicted octanol–water partition coefficient (Wildman–Crippen LogP) is 2.31. The first-order valence-corrected chi connectivity index (χ1v) is 5.33. The van der Waals surface area contributed by atoms with E-state index < -0.39 is 17.8 Å². The number of carbonyl (C=O) groups is 1. The maximum Gasteiger partial charge on any atom is 0.418 e. The van der Waals surface area contributed by atoms with Crippen LogP contribution in [0.15, 0.2) is 18.2 Å². The molecule has 0 aromatic heterocycles. The minimum absolute atomic E-state index is 0.00448. The van der Waals surface area contributed by atoms with Gasteiger partial charge in [-0.05, 0) is 24.6 Å². The molecular formula is C11H14F3N3O. The van der Waals surface area contributed by atoms with Gasteiger partial charge in [0.1, 0.15) is 0 Å². The number of nitrogens with one attached hydrogen (secondary N) is 2. The lowest BCUT2D eigenvalue weighted by atomic mass is 10.1. The fourth-order valence-corrected chi connectivity index (χ4v) is 1.39. The van der Waals surface area contributed by atoms with Crippen molar-refractivity contribution in [1.82, 2.24) is 5.32 Å². The smallest absolute Gasteiger partial charge is 0.338 e. The first-order valence-electron chi connectivity index (χ1n) is 5.33. The molecule has 0 spiro atoms. The zero-order valence-electron chi connectivity index (χ0n) is 9.77. The van der Waals surface area contributed by atoms with Gasteiger partial charge in [-0.25, -0.2) is 4.79 Å². The third-order valence-electron chi connectivity index (χ3n) is 2.21. The Labute approximate surface area is 102 Å². The summed E-state index contributed by atoms with van der Waals surface area (Å²) in [6.07, 6.45) is -4.54. The van der Waals surface area contributed by atoms with Gasteiger partial charge in [0.05, 0.1) is 11.3 Å². The average Bonchev–Trinajstić information content (AvgIpc) is 2.28. The zero-order valence-corrected chi connectivity index (χ0v) is 9.77. The second-order valence-electron chi connectivity index (χ2n) is 3.57. The number of alkyl halides is 3. The highest BCUT2D eigenvalue weighted by atomic mass is 19.4. The van der Waals surface area contributed by atoms with E-state index in [9.17, 15) is 18.0 Å². The average molecular weight is 261 g/mol. The molecule has 2 amide bonds. The number of hydrogen-bond donors (Lipinski definition) is 3. The van der Waals surface area contributed by atoms with Crippen molar-refractivity contribution in [2.75, 3.05) is 11.9 Å². The molecule has 1 rings (SSSR count). The summed E-state index contributed by atoms with van der Waals surface area (Å²) in [5, 5.41) is 4.52. The van der Waals surface area contributed by atoms with Crippen molar-refractivity contribution in [2.24, 2.45) is 5.73 Å². The fraction of sp³-hybridized carbons (Fsp3) is 0.364. The first-order chi connectivity index (χ1) is 8.38. The fourth-order valence-electron chi connectivity index (χ4n) is 1.39. The zero-order chi connectivity index (χ0) is 13.8. The second kappa shape index (κ2) is 5.72. The molecule has 0 radical (unpaired) electrons. The molecule has 0 saturated carbocycles. The first kappa shape index (κ1) is 14.3. The Bertz CT molecular complexity index is 432. The maximum absolute atomic E-state index is 12.8. The van der Waals surface area contributed by atoms with Crippen molar-refractivity contribution in [2.45, 2.75) is 19.6 Å². The van der Waals surface area contributed by atoms with Crippen molar-refractivity contribution in [3.05, 3.63) is 29.3 Å². The summed E-state index contributed by atoms with van der Waals surface area (Å²) in [7, 11) is 0. The molecule has 0 atom stereocenters. The summed E-state index contributed by atoms with van der Waals surface area (Å²) < 4.78 is 38.4. The van der Waals surface area contributed by atoms with Gasteiger partial charge in [0.25, 0.3) is 0 Å². The number of nitrogens with two attached hydrogens (primary N) is 1. The Kier molecular flexibility index (Phi) is 4.55. The lowest BCUT2D eigenvalue weighted by Gasteiger charge is -2.15. The molecule has 4 N–H and O–H groups in total. The quantitative estimate of drug-likeness (QED) is 0.781. The van der Waals surface area contributed by atoms with E-state index in [1.54, 1.807) is 6.92 Å². The minimum atomic E-state index is -4.54. The number of hydrogen-bond acceptors (Lipinski definition) is 2. The Morgan fingerprint density at radius 1 is 1.39 bits per heavy atom. The molecule has 1 aromatic rings. The highest BCUT2D eigenvalue weighted by Gasteiger charge is 2.34. The summed E-state index contributed by atoms with van der Waals surface area (Å²) >= 11 is 0. The molecule has 100 valence electrons. The topological polar surface area (TPSA) is 67.2 Å². The van der Waals surface area contributed by atoms with E-state index in [-0.39, 0.29) is 12.2 Å². The minimum Gasteiger partial charge on any atom is -0.338 e. The van der Waals surface area contributed by atoms with Crippen molar-refractivity contribution in [3.8, 4) is 0 Å². The van der Waals surface area contributed by atoms with Gasteiger partial charge in [0.15, 0.2) is 0 Å². The summed E-state index contributed by atoms with van der Waals surface area (Å²) in [4.78, 5) is 11.2. The van der Waals surface area contributed by atoms with Crippen LogP contribution in [0.1, 0.15) is 18.1 Å². The molecule has 0 fully saturated rings. The van der Waals surface area contributed by atoms with Crippen molar-refractivity contribution >= 4 is 11.7 Å². The van der Waals surface area contributed by atoms with Crippen LogP contribution in [0.2, 0.25) is 0 Å². The highest BCUT2D eigenvalue weighted by Crippen LogP contribution is 2.35. The van der Waals surface area contributed by atoms with E-state index >= 15 is 0 Å². The Morgan fingerprint density at radius 3 is 2.56 bits per heavy atom. The summed E-state index contributed by atoms with van der Waals surface area (Å²) in [5.41, 5.74) is 4.45. The third-order valence-corrected chi connectivity index (χ3v) is 2.21. The van der Waals surface area contributed by atoms with Crippen LogP contribution in [-0.2, 0) is 12.7 Å². The van der Waals surface area contributed by atoms with Gasteiger partial charge in [-0.3, -0.25) is 0 Å². The van der Waals surface area contributed by atoms with Gasteiger partial charge in [-0.2, -0.15) is 13.2 Å². The Hall–Kier alpha value is -1.76. The van der Waals surface area contributed by atoms with Gasteiger partial charge < -0.3 is 16.4 Å². The lowest BCUT2D eigenvalue weighted by molar-refractivity contribution is -0.137. The van der Waals surface area contributed by atoms with E-state index in [1.165, 1.54) is 12.1 Å². The molecule has 0 bridgehead atoms. The van der Waals surface area contributed by atoms with Crippen molar-refractivity contribution < 1.29 is 18.0 Å². The van der Waals surface area contributed by atoms with E-state index in [0.29, 0.717) is 12.1 Å². The number of amides is 2. The predicted molar refractivity (Wildman–Crippen MR) is 62.0 cm³/mol.